The second kappa shape index (κ2) is 5.26. The van der Waals surface area contributed by atoms with E-state index in [-0.39, 0.29) is 4.90 Å². The zero-order chi connectivity index (χ0) is 15.0. The van der Waals surface area contributed by atoms with Crippen molar-refractivity contribution in [2.45, 2.75) is 36.1 Å². The maximum absolute atomic E-state index is 12.0. The highest BCUT2D eigenvalue weighted by molar-refractivity contribution is 7.90. The predicted octanol–water partition coefficient (Wildman–Crippen LogP) is 1.84. The Labute approximate surface area is 120 Å². The van der Waals surface area contributed by atoms with Crippen molar-refractivity contribution in [3.63, 3.8) is 0 Å². The normalized spacial score (nSPS) is 18.0. The van der Waals surface area contributed by atoms with Gasteiger partial charge in [0, 0.05) is 23.4 Å². The molecule has 0 spiro atoms. The van der Waals surface area contributed by atoms with Crippen LogP contribution in [0.3, 0.4) is 0 Å². The molecular weight excluding hydrogens is 278 g/mol. The third kappa shape index (κ3) is 2.62. The highest BCUT2D eigenvalue weighted by Crippen LogP contribution is 2.44. The smallest absolute Gasteiger partial charge is 0.179 e. The van der Waals surface area contributed by atoms with Crippen molar-refractivity contribution in [3.05, 3.63) is 17.7 Å². The molecule has 112 valence electrons. The van der Waals surface area contributed by atoms with E-state index in [9.17, 15) is 8.42 Å². The molecule has 0 bridgehead atoms. The van der Waals surface area contributed by atoms with E-state index in [0.717, 1.165) is 37.5 Å². The molecule has 1 aliphatic carbocycles. The summed E-state index contributed by atoms with van der Waals surface area (Å²) in [6.07, 6.45) is 4.86. The number of ether oxygens (including phenoxy) is 2. The van der Waals surface area contributed by atoms with Crippen molar-refractivity contribution in [2.75, 3.05) is 20.5 Å². The van der Waals surface area contributed by atoms with Gasteiger partial charge in [0.25, 0.3) is 0 Å². The van der Waals surface area contributed by atoms with Gasteiger partial charge in [0.05, 0.1) is 14.2 Å². The Bertz CT molecular complexity index is 604. The number of hydrogen-bond donors (Lipinski definition) is 1. The molecule has 0 radical (unpaired) electrons. The zero-order valence-electron chi connectivity index (χ0n) is 12.1. The summed E-state index contributed by atoms with van der Waals surface area (Å²) < 4.78 is 34.5. The van der Waals surface area contributed by atoms with Gasteiger partial charge < -0.3 is 15.2 Å². The van der Waals surface area contributed by atoms with E-state index < -0.39 is 15.4 Å². The average Bonchev–Trinajstić information content (AvgIpc) is 2.84. The van der Waals surface area contributed by atoms with E-state index in [2.05, 4.69) is 0 Å². The summed E-state index contributed by atoms with van der Waals surface area (Å²) in [6.45, 7) is 0. The molecule has 2 rings (SSSR count). The van der Waals surface area contributed by atoms with E-state index in [1.807, 2.05) is 0 Å². The van der Waals surface area contributed by atoms with Gasteiger partial charge in [-0.3, -0.25) is 0 Å². The van der Waals surface area contributed by atoms with Gasteiger partial charge in [-0.2, -0.15) is 0 Å². The quantitative estimate of drug-likeness (QED) is 0.917. The molecule has 0 atom stereocenters. The second-order valence-electron chi connectivity index (χ2n) is 5.34. The lowest BCUT2D eigenvalue weighted by atomic mass is 9.88. The standard InChI is InChI=1S/C14H21NO4S/c1-18-10-8-11(14(15)6-4-5-7-14)13(19-2)12(9-10)20(3,16)17/h8-9H,4-7,15H2,1-3H3. The molecular formula is C14H21NO4S. The number of benzene rings is 1. The van der Waals surface area contributed by atoms with Crippen molar-refractivity contribution >= 4 is 9.84 Å². The summed E-state index contributed by atoms with van der Waals surface area (Å²) in [6, 6.07) is 3.27. The first-order chi connectivity index (χ1) is 9.31. The van der Waals surface area contributed by atoms with Crippen LogP contribution in [0.5, 0.6) is 11.5 Å². The number of sulfone groups is 1. The first-order valence-electron chi connectivity index (χ1n) is 6.57. The van der Waals surface area contributed by atoms with Gasteiger partial charge in [0.1, 0.15) is 16.4 Å². The second-order valence-corrected chi connectivity index (χ2v) is 7.33. The predicted molar refractivity (Wildman–Crippen MR) is 77.0 cm³/mol. The van der Waals surface area contributed by atoms with Crippen LogP contribution in [0.4, 0.5) is 0 Å². The van der Waals surface area contributed by atoms with Crippen molar-refractivity contribution in [3.8, 4) is 11.5 Å². The summed E-state index contributed by atoms with van der Waals surface area (Å²) in [7, 11) is -0.438. The van der Waals surface area contributed by atoms with Crippen molar-refractivity contribution in [2.24, 2.45) is 5.73 Å². The largest absolute Gasteiger partial charge is 0.497 e. The Kier molecular flexibility index (Phi) is 3.97. The van der Waals surface area contributed by atoms with Crippen LogP contribution >= 0.6 is 0 Å². The molecule has 0 aromatic heterocycles. The maximum Gasteiger partial charge on any atom is 0.179 e. The average molecular weight is 299 g/mol. The van der Waals surface area contributed by atoms with Crippen molar-refractivity contribution in [1.82, 2.24) is 0 Å². The summed E-state index contributed by atoms with van der Waals surface area (Å²) in [5, 5.41) is 0. The van der Waals surface area contributed by atoms with Crippen LogP contribution < -0.4 is 15.2 Å². The maximum atomic E-state index is 12.0. The summed E-state index contributed by atoms with van der Waals surface area (Å²) in [4.78, 5) is 0.131. The fourth-order valence-corrected chi connectivity index (χ4v) is 3.69. The molecule has 2 N–H and O–H groups in total. The lowest BCUT2D eigenvalue weighted by Crippen LogP contribution is -2.34. The number of methoxy groups -OCH3 is 2. The van der Waals surface area contributed by atoms with Gasteiger partial charge in [-0.05, 0) is 18.9 Å². The van der Waals surface area contributed by atoms with Gasteiger partial charge in [-0.1, -0.05) is 12.8 Å². The lowest BCUT2D eigenvalue weighted by molar-refractivity contribution is 0.361. The lowest BCUT2D eigenvalue weighted by Gasteiger charge is -2.27. The topological polar surface area (TPSA) is 78.6 Å². The fourth-order valence-electron chi connectivity index (χ4n) is 2.83. The summed E-state index contributed by atoms with van der Waals surface area (Å²) in [5.41, 5.74) is 6.64. The van der Waals surface area contributed by atoms with Crippen LogP contribution in [0.25, 0.3) is 0 Å². The van der Waals surface area contributed by atoms with E-state index >= 15 is 0 Å². The van der Waals surface area contributed by atoms with Gasteiger partial charge in [0.2, 0.25) is 0 Å². The Morgan fingerprint density at radius 3 is 2.20 bits per heavy atom. The van der Waals surface area contributed by atoms with Crippen LogP contribution in [0.2, 0.25) is 0 Å². The molecule has 1 aliphatic rings. The molecule has 0 heterocycles. The molecule has 20 heavy (non-hydrogen) atoms. The third-order valence-electron chi connectivity index (χ3n) is 3.90. The molecule has 0 saturated heterocycles. The Balaban J connectivity index is 2.72. The minimum absolute atomic E-state index is 0.131. The van der Waals surface area contributed by atoms with E-state index in [1.165, 1.54) is 20.3 Å². The molecule has 1 aromatic carbocycles. The van der Waals surface area contributed by atoms with Crippen LogP contribution in [0.1, 0.15) is 31.2 Å². The molecule has 1 saturated carbocycles. The van der Waals surface area contributed by atoms with E-state index in [1.54, 1.807) is 6.07 Å². The van der Waals surface area contributed by atoms with Crippen LogP contribution in [-0.4, -0.2) is 28.9 Å². The highest BCUT2D eigenvalue weighted by atomic mass is 32.2. The first kappa shape index (κ1) is 15.1. The summed E-state index contributed by atoms with van der Waals surface area (Å²) >= 11 is 0. The van der Waals surface area contributed by atoms with E-state index in [4.69, 9.17) is 15.2 Å². The third-order valence-corrected chi connectivity index (χ3v) is 5.00. The highest BCUT2D eigenvalue weighted by Gasteiger charge is 2.36. The van der Waals surface area contributed by atoms with Crippen LogP contribution in [0, 0.1) is 0 Å². The van der Waals surface area contributed by atoms with Gasteiger partial charge >= 0.3 is 0 Å². The van der Waals surface area contributed by atoms with Crippen molar-refractivity contribution in [1.29, 1.82) is 0 Å². The molecule has 5 nitrogen and oxygen atoms in total. The molecule has 0 aliphatic heterocycles. The summed E-state index contributed by atoms with van der Waals surface area (Å²) in [5.74, 6) is 0.829. The fraction of sp³-hybridized carbons (Fsp3) is 0.571. The Morgan fingerprint density at radius 1 is 1.15 bits per heavy atom. The molecule has 6 heteroatoms. The van der Waals surface area contributed by atoms with Gasteiger partial charge in [0.15, 0.2) is 9.84 Å². The first-order valence-corrected chi connectivity index (χ1v) is 8.46. The van der Waals surface area contributed by atoms with Crippen LogP contribution in [-0.2, 0) is 15.4 Å². The van der Waals surface area contributed by atoms with Gasteiger partial charge in [-0.25, -0.2) is 8.42 Å². The number of rotatable bonds is 4. The number of hydrogen-bond acceptors (Lipinski definition) is 5. The van der Waals surface area contributed by atoms with Crippen LogP contribution in [0.15, 0.2) is 17.0 Å². The minimum Gasteiger partial charge on any atom is -0.497 e. The van der Waals surface area contributed by atoms with Gasteiger partial charge in [-0.15, -0.1) is 0 Å². The van der Waals surface area contributed by atoms with Crippen molar-refractivity contribution < 1.29 is 17.9 Å². The monoisotopic (exact) mass is 299 g/mol. The number of nitrogens with two attached hydrogens (primary N) is 1. The van der Waals surface area contributed by atoms with E-state index in [0.29, 0.717) is 11.5 Å². The Hall–Kier alpha value is -1.27. The molecule has 1 aromatic rings. The minimum atomic E-state index is -3.42. The molecule has 1 fully saturated rings. The zero-order valence-corrected chi connectivity index (χ0v) is 12.9. The SMILES string of the molecule is COc1cc(C2(N)CCCC2)c(OC)c(S(C)(=O)=O)c1. The molecule has 0 amide bonds. The molecule has 0 unspecified atom stereocenters. The Morgan fingerprint density at radius 2 is 1.75 bits per heavy atom.